The van der Waals surface area contributed by atoms with Gasteiger partial charge in [0.05, 0.1) is 12.0 Å². The fourth-order valence-electron chi connectivity index (χ4n) is 3.79. The van der Waals surface area contributed by atoms with Gasteiger partial charge in [-0.2, -0.15) is 0 Å². The Bertz CT molecular complexity index is 515. The number of piperidine rings is 1. The lowest BCUT2D eigenvalue weighted by Crippen LogP contribution is -2.51. The molecule has 2 fully saturated rings. The zero-order chi connectivity index (χ0) is 15.0. The maximum absolute atomic E-state index is 12.0. The molecular weight excluding hydrogens is 282 g/mol. The van der Waals surface area contributed by atoms with Crippen LogP contribution < -0.4 is 11.1 Å². The van der Waals surface area contributed by atoms with E-state index in [1.165, 1.54) is 9.75 Å². The van der Waals surface area contributed by atoms with Gasteiger partial charge in [-0.3, -0.25) is 9.69 Å². The highest BCUT2D eigenvalue weighted by atomic mass is 32.1. The van der Waals surface area contributed by atoms with Crippen LogP contribution in [-0.4, -0.2) is 36.0 Å². The molecular formula is C16H25N3OS. The zero-order valence-corrected chi connectivity index (χ0v) is 13.7. The minimum atomic E-state index is 0.123. The van der Waals surface area contributed by atoms with Gasteiger partial charge in [0, 0.05) is 28.4 Å². The molecule has 116 valence electrons. The minimum absolute atomic E-state index is 0.123. The second kappa shape index (κ2) is 6.07. The molecule has 2 aliphatic rings. The van der Waals surface area contributed by atoms with Gasteiger partial charge in [-0.15, -0.1) is 11.3 Å². The average molecular weight is 307 g/mol. The van der Waals surface area contributed by atoms with Crippen LogP contribution in [-0.2, 0) is 4.79 Å². The number of amides is 1. The predicted octanol–water partition coefficient (Wildman–Crippen LogP) is 2.05. The van der Waals surface area contributed by atoms with Crippen molar-refractivity contribution >= 4 is 17.2 Å². The molecule has 1 aromatic rings. The van der Waals surface area contributed by atoms with Crippen molar-refractivity contribution in [3.63, 3.8) is 0 Å². The van der Waals surface area contributed by atoms with E-state index in [0.29, 0.717) is 6.04 Å². The van der Waals surface area contributed by atoms with Crippen LogP contribution in [0.3, 0.4) is 0 Å². The van der Waals surface area contributed by atoms with Crippen LogP contribution in [0.2, 0.25) is 0 Å². The van der Waals surface area contributed by atoms with E-state index in [-0.39, 0.29) is 23.9 Å². The molecule has 2 aliphatic heterocycles. The molecule has 1 amide bonds. The van der Waals surface area contributed by atoms with Gasteiger partial charge in [-0.05, 0) is 44.9 Å². The van der Waals surface area contributed by atoms with Gasteiger partial charge >= 0.3 is 0 Å². The molecule has 4 nitrogen and oxygen atoms in total. The SMILES string of the molecule is CCC(N)C(c1ccc(C)s1)N1CCCC2C(=O)NCC21. The maximum atomic E-state index is 12.0. The normalized spacial score (nSPS) is 29.0. The van der Waals surface area contributed by atoms with E-state index < -0.39 is 0 Å². The third-order valence-electron chi connectivity index (χ3n) is 4.93. The topological polar surface area (TPSA) is 58.4 Å². The molecule has 0 aromatic carbocycles. The Hall–Kier alpha value is -0.910. The molecule has 3 N–H and O–H groups in total. The summed E-state index contributed by atoms with van der Waals surface area (Å²) in [6.07, 6.45) is 3.06. The number of nitrogens with one attached hydrogen (secondary N) is 1. The number of thiophene rings is 1. The maximum Gasteiger partial charge on any atom is 0.224 e. The third kappa shape index (κ3) is 2.74. The molecule has 4 unspecified atom stereocenters. The molecule has 0 radical (unpaired) electrons. The first kappa shape index (κ1) is 15.0. The molecule has 2 saturated heterocycles. The molecule has 3 heterocycles. The number of carbonyl (C=O) groups is 1. The Morgan fingerprint density at radius 3 is 3.00 bits per heavy atom. The number of nitrogens with two attached hydrogens (primary N) is 1. The lowest BCUT2D eigenvalue weighted by atomic mass is 9.88. The Balaban J connectivity index is 1.90. The van der Waals surface area contributed by atoms with E-state index in [2.05, 4.69) is 36.2 Å². The fraction of sp³-hybridized carbons (Fsp3) is 0.688. The first-order valence-corrected chi connectivity index (χ1v) is 8.78. The van der Waals surface area contributed by atoms with Gasteiger partial charge in [0.25, 0.3) is 0 Å². The largest absolute Gasteiger partial charge is 0.354 e. The first-order chi connectivity index (χ1) is 10.1. The van der Waals surface area contributed by atoms with Crippen LogP contribution in [0.4, 0.5) is 0 Å². The second-order valence-electron chi connectivity index (χ2n) is 6.26. The molecule has 0 aliphatic carbocycles. The summed E-state index contributed by atoms with van der Waals surface area (Å²) in [7, 11) is 0. The summed E-state index contributed by atoms with van der Waals surface area (Å²) in [5.41, 5.74) is 6.47. The number of rotatable bonds is 4. The van der Waals surface area contributed by atoms with Crippen molar-refractivity contribution in [3.8, 4) is 0 Å². The van der Waals surface area contributed by atoms with Gasteiger partial charge in [0.1, 0.15) is 0 Å². The summed E-state index contributed by atoms with van der Waals surface area (Å²) in [6.45, 7) is 6.12. The quantitative estimate of drug-likeness (QED) is 0.895. The number of hydrogen-bond donors (Lipinski definition) is 2. The van der Waals surface area contributed by atoms with Crippen molar-refractivity contribution in [1.29, 1.82) is 0 Å². The van der Waals surface area contributed by atoms with E-state index in [1.807, 2.05) is 11.3 Å². The standard InChI is InChI=1S/C16H25N3OS/c1-3-12(17)15(14-7-6-10(2)21-14)19-8-4-5-11-13(19)9-18-16(11)20/h6-7,11-13,15H,3-5,8-9,17H2,1-2H3,(H,18,20). The van der Waals surface area contributed by atoms with Crippen LogP contribution in [0.25, 0.3) is 0 Å². The predicted molar refractivity (Wildman–Crippen MR) is 86.3 cm³/mol. The van der Waals surface area contributed by atoms with E-state index in [9.17, 15) is 4.79 Å². The van der Waals surface area contributed by atoms with Crippen molar-refractivity contribution in [1.82, 2.24) is 10.2 Å². The fourth-order valence-corrected chi connectivity index (χ4v) is 4.86. The van der Waals surface area contributed by atoms with E-state index in [1.54, 1.807) is 0 Å². The number of likely N-dealkylation sites (tertiary alicyclic amines) is 1. The van der Waals surface area contributed by atoms with Gasteiger partial charge in [0.2, 0.25) is 5.91 Å². The molecule has 21 heavy (non-hydrogen) atoms. The summed E-state index contributed by atoms with van der Waals surface area (Å²) in [4.78, 5) is 17.2. The Morgan fingerprint density at radius 1 is 1.52 bits per heavy atom. The number of aryl methyl sites for hydroxylation is 1. The summed E-state index contributed by atoms with van der Waals surface area (Å²) in [6, 6.07) is 5.08. The summed E-state index contributed by atoms with van der Waals surface area (Å²) < 4.78 is 0. The Labute approximate surface area is 130 Å². The van der Waals surface area contributed by atoms with Gasteiger partial charge in [-0.1, -0.05) is 6.92 Å². The van der Waals surface area contributed by atoms with Crippen LogP contribution in [0.1, 0.15) is 42.0 Å². The molecule has 1 aromatic heterocycles. The lowest BCUT2D eigenvalue weighted by Gasteiger charge is -2.43. The number of nitrogens with zero attached hydrogens (tertiary/aromatic N) is 1. The van der Waals surface area contributed by atoms with E-state index >= 15 is 0 Å². The number of carbonyl (C=O) groups excluding carboxylic acids is 1. The highest BCUT2D eigenvalue weighted by Gasteiger charge is 2.44. The van der Waals surface area contributed by atoms with Crippen LogP contribution in [0.5, 0.6) is 0 Å². The van der Waals surface area contributed by atoms with Crippen molar-refractivity contribution < 1.29 is 4.79 Å². The van der Waals surface area contributed by atoms with Gasteiger partial charge in [0.15, 0.2) is 0 Å². The average Bonchev–Trinajstić information content (AvgIpc) is 3.07. The first-order valence-electron chi connectivity index (χ1n) is 7.97. The smallest absolute Gasteiger partial charge is 0.224 e. The molecule has 3 rings (SSSR count). The molecule has 0 spiro atoms. The monoisotopic (exact) mass is 307 g/mol. The molecule has 0 bridgehead atoms. The molecule has 0 saturated carbocycles. The van der Waals surface area contributed by atoms with Crippen molar-refractivity contribution in [2.24, 2.45) is 11.7 Å². The summed E-state index contributed by atoms with van der Waals surface area (Å²) in [5, 5.41) is 3.04. The van der Waals surface area contributed by atoms with Crippen molar-refractivity contribution in [3.05, 3.63) is 21.9 Å². The van der Waals surface area contributed by atoms with Crippen molar-refractivity contribution in [2.75, 3.05) is 13.1 Å². The molecule has 5 heteroatoms. The third-order valence-corrected chi connectivity index (χ3v) is 6.00. The summed E-state index contributed by atoms with van der Waals surface area (Å²) >= 11 is 1.84. The highest BCUT2D eigenvalue weighted by molar-refractivity contribution is 7.12. The van der Waals surface area contributed by atoms with Crippen molar-refractivity contribution in [2.45, 2.75) is 51.2 Å². The zero-order valence-electron chi connectivity index (χ0n) is 12.8. The number of fused-ring (bicyclic) bond motifs is 1. The van der Waals surface area contributed by atoms with E-state index in [0.717, 1.165) is 32.4 Å². The van der Waals surface area contributed by atoms with Crippen LogP contribution >= 0.6 is 11.3 Å². The van der Waals surface area contributed by atoms with Crippen LogP contribution in [0.15, 0.2) is 12.1 Å². The van der Waals surface area contributed by atoms with Crippen LogP contribution in [0, 0.1) is 12.8 Å². The van der Waals surface area contributed by atoms with Gasteiger partial charge in [-0.25, -0.2) is 0 Å². The molecule has 4 atom stereocenters. The Kier molecular flexibility index (Phi) is 4.33. The number of hydrogen-bond acceptors (Lipinski definition) is 4. The minimum Gasteiger partial charge on any atom is -0.354 e. The van der Waals surface area contributed by atoms with E-state index in [4.69, 9.17) is 5.73 Å². The van der Waals surface area contributed by atoms with Gasteiger partial charge < -0.3 is 11.1 Å². The lowest BCUT2D eigenvalue weighted by molar-refractivity contribution is -0.124. The Morgan fingerprint density at radius 2 is 2.33 bits per heavy atom. The summed E-state index contributed by atoms with van der Waals surface area (Å²) in [5.74, 6) is 0.391. The highest BCUT2D eigenvalue weighted by Crippen LogP contribution is 2.38. The second-order valence-corrected chi connectivity index (χ2v) is 7.58.